The number of nitrogens with zero attached hydrogens (tertiary/aromatic N) is 1. The van der Waals surface area contributed by atoms with E-state index in [0.717, 1.165) is 25.7 Å². The number of piperidine rings is 1. The van der Waals surface area contributed by atoms with Gasteiger partial charge in [-0.25, -0.2) is 13.2 Å². The molecule has 4 fully saturated rings. The summed E-state index contributed by atoms with van der Waals surface area (Å²) in [4.78, 5) is 69.4. The molecule has 2 aliphatic carbocycles. The molecule has 2 saturated heterocycles. The first-order valence-corrected chi connectivity index (χ1v) is 19.5. The Morgan fingerprint density at radius 1 is 1.02 bits per heavy atom. The summed E-state index contributed by atoms with van der Waals surface area (Å²) in [6.45, 7) is 15.6. The van der Waals surface area contributed by atoms with Gasteiger partial charge in [-0.1, -0.05) is 79.7 Å². The van der Waals surface area contributed by atoms with Crippen LogP contribution in [0.3, 0.4) is 0 Å². The molecule has 270 valence electrons. The number of carbonyl (C=O) groups excluding carboxylic acids is 5. The van der Waals surface area contributed by atoms with Crippen molar-refractivity contribution in [3.8, 4) is 0 Å². The van der Waals surface area contributed by atoms with E-state index in [1.165, 1.54) is 11.0 Å². The second-order valence-corrected chi connectivity index (χ2v) is 18.4. The van der Waals surface area contributed by atoms with E-state index in [1.54, 1.807) is 0 Å². The van der Waals surface area contributed by atoms with Gasteiger partial charge in [-0.3, -0.25) is 19.2 Å². The number of nitrogens with one attached hydrogen (secondary N) is 4. The van der Waals surface area contributed by atoms with Gasteiger partial charge in [-0.15, -0.1) is 6.58 Å². The lowest BCUT2D eigenvalue weighted by atomic mass is 9.78. The molecular formula is C35H57N5O7S. The maximum Gasteiger partial charge on any atom is 0.315 e. The second kappa shape index (κ2) is 14.5. The van der Waals surface area contributed by atoms with Crippen molar-refractivity contribution in [3.63, 3.8) is 0 Å². The highest BCUT2D eigenvalue weighted by Gasteiger charge is 2.70. The lowest BCUT2D eigenvalue weighted by Gasteiger charge is -2.43. The molecule has 2 aliphatic heterocycles. The Bertz CT molecular complexity index is 1380. The highest BCUT2D eigenvalue weighted by molar-refractivity contribution is 7.92. The van der Waals surface area contributed by atoms with Crippen LogP contribution in [-0.4, -0.2) is 90.6 Å². The Hall–Kier alpha value is -2.96. The van der Waals surface area contributed by atoms with Crippen LogP contribution in [0.2, 0.25) is 0 Å². The Morgan fingerprint density at radius 3 is 2.25 bits per heavy atom. The third kappa shape index (κ3) is 7.75. The van der Waals surface area contributed by atoms with Crippen LogP contribution in [0, 0.1) is 22.7 Å². The summed E-state index contributed by atoms with van der Waals surface area (Å²) in [6, 6.07) is -3.53. The number of Topliss-reactive ketones (excluding diaryl/α,β-unsaturated/α-hetero) is 1. The van der Waals surface area contributed by atoms with Crippen molar-refractivity contribution in [2.45, 2.75) is 135 Å². The van der Waals surface area contributed by atoms with E-state index in [0.29, 0.717) is 38.6 Å². The molecule has 0 aromatic carbocycles. The standard InChI is InChI=1S/C35H57N5O7S/c1-8-10-15-23(27(41)30(43)36-19-9-2)37-29(42)26-25-22(34(25,6)7)21-40(26)31(44)28(33(3,4)5)38-32(45)39-35(17-12-11-13-18-35)24-16-14-20-48(24,46)47/h9,22-26,28H,2,8,10-21H2,1,3-7H3,(H,36,43)(H,37,42)(H2,38,39,45)/t22-,23+,24-,25-,26+,28-/m1/s1. The summed E-state index contributed by atoms with van der Waals surface area (Å²) < 4.78 is 26.1. The average Bonchev–Trinajstić information content (AvgIpc) is 3.33. The van der Waals surface area contributed by atoms with Crippen molar-refractivity contribution in [1.82, 2.24) is 26.2 Å². The van der Waals surface area contributed by atoms with Crippen LogP contribution < -0.4 is 21.3 Å². The Labute approximate surface area is 286 Å². The molecule has 0 unspecified atom stereocenters. The maximum absolute atomic E-state index is 14.4. The molecule has 0 bridgehead atoms. The van der Waals surface area contributed by atoms with Gasteiger partial charge in [0, 0.05) is 13.1 Å². The van der Waals surface area contributed by atoms with E-state index < -0.39 is 73.7 Å². The molecule has 12 nitrogen and oxygen atoms in total. The Morgan fingerprint density at radius 2 is 1.69 bits per heavy atom. The fraction of sp³-hybridized carbons (Fsp3) is 0.800. The minimum atomic E-state index is -3.35. The van der Waals surface area contributed by atoms with Crippen molar-refractivity contribution in [1.29, 1.82) is 0 Å². The van der Waals surface area contributed by atoms with Crippen LogP contribution in [0.5, 0.6) is 0 Å². The highest BCUT2D eigenvalue weighted by atomic mass is 32.2. The molecule has 2 heterocycles. The molecule has 13 heteroatoms. The fourth-order valence-electron chi connectivity index (χ4n) is 8.49. The van der Waals surface area contributed by atoms with Crippen LogP contribution in [0.15, 0.2) is 12.7 Å². The van der Waals surface area contributed by atoms with Crippen molar-refractivity contribution >= 4 is 39.4 Å². The normalized spacial score (nSPS) is 27.9. The van der Waals surface area contributed by atoms with Crippen LogP contribution in [-0.2, 0) is 29.0 Å². The molecule has 48 heavy (non-hydrogen) atoms. The molecule has 0 aromatic heterocycles. The topological polar surface area (TPSA) is 171 Å². The van der Waals surface area contributed by atoms with Gasteiger partial charge in [0.05, 0.1) is 22.6 Å². The molecule has 2 saturated carbocycles. The van der Waals surface area contributed by atoms with Crippen LogP contribution in [0.1, 0.15) is 106 Å². The number of amides is 5. The van der Waals surface area contributed by atoms with Crippen molar-refractivity contribution in [3.05, 3.63) is 12.7 Å². The van der Waals surface area contributed by atoms with Crippen LogP contribution in [0.25, 0.3) is 0 Å². The number of sulfone groups is 1. The summed E-state index contributed by atoms with van der Waals surface area (Å²) in [5.74, 6) is -2.41. The molecule has 4 aliphatic rings. The minimum Gasteiger partial charge on any atom is -0.346 e. The zero-order valence-electron chi connectivity index (χ0n) is 29.7. The number of fused-ring (bicyclic) bond motifs is 1. The number of hydrogen-bond acceptors (Lipinski definition) is 7. The average molecular weight is 692 g/mol. The van der Waals surface area contributed by atoms with E-state index in [1.807, 2.05) is 27.7 Å². The van der Waals surface area contributed by atoms with Crippen molar-refractivity contribution < 1.29 is 32.4 Å². The number of likely N-dealkylation sites (tertiary alicyclic amines) is 1. The zero-order chi connectivity index (χ0) is 35.7. The van der Waals surface area contributed by atoms with Gasteiger partial charge in [0.2, 0.25) is 17.6 Å². The lowest BCUT2D eigenvalue weighted by Crippen LogP contribution is -2.65. The second-order valence-electron chi connectivity index (χ2n) is 16.1. The van der Waals surface area contributed by atoms with Gasteiger partial charge in [0.15, 0.2) is 9.84 Å². The number of hydrogen-bond donors (Lipinski definition) is 4. The molecule has 0 spiro atoms. The van der Waals surface area contributed by atoms with Gasteiger partial charge in [-0.2, -0.15) is 0 Å². The monoisotopic (exact) mass is 691 g/mol. The van der Waals surface area contributed by atoms with E-state index in [4.69, 9.17) is 0 Å². The van der Waals surface area contributed by atoms with Crippen molar-refractivity contribution in [2.75, 3.05) is 18.8 Å². The maximum atomic E-state index is 14.4. The first-order valence-electron chi connectivity index (χ1n) is 17.8. The van der Waals surface area contributed by atoms with E-state index in [9.17, 15) is 32.4 Å². The zero-order valence-corrected chi connectivity index (χ0v) is 30.5. The number of ketones is 1. The summed E-state index contributed by atoms with van der Waals surface area (Å²) >= 11 is 0. The van der Waals surface area contributed by atoms with Crippen molar-refractivity contribution in [2.24, 2.45) is 22.7 Å². The van der Waals surface area contributed by atoms with Crippen LogP contribution >= 0.6 is 0 Å². The number of unbranched alkanes of at least 4 members (excludes halogenated alkanes) is 1. The van der Waals surface area contributed by atoms with Crippen LogP contribution in [0.4, 0.5) is 4.79 Å². The number of carbonyl (C=O) groups is 5. The molecule has 0 radical (unpaired) electrons. The van der Waals surface area contributed by atoms with E-state index >= 15 is 0 Å². The summed E-state index contributed by atoms with van der Waals surface area (Å²) in [7, 11) is -3.35. The SMILES string of the molecule is C=CCNC(=O)C(=O)[C@H](CCCC)NC(=O)[C@@H]1[C@H]2[C@@H](CN1C(=O)[C@@H](NC(=O)NC1([C@H]3CCCS3(=O)=O)CCCCC1)C(C)(C)C)C2(C)C. The Balaban J connectivity index is 1.55. The molecule has 6 atom stereocenters. The fourth-order valence-corrected chi connectivity index (χ4v) is 10.8. The van der Waals surface area contributed by atoms with Gasteiger partial charge < -0.3 is 26.2 Å². The third-order valence-electron chi connectivity index (χ3n) is 11.3. The quantitative estimate of drug-likeness (QED) is 0.170. The predicted octanol–water partition coefficient (Wildman–Crippen LogP) is 3.01. The first-order chi connectivity index (χ1) is 22.4. The molecule has 4 N–H and O–H groups in total. The smallest absolute Gasteiger partial charge is 0.315 e. The number of rotatable bonds is 13. The summed E-state index contributed by atoms with van der Waals surface area (Å²) in [6.07, 6.45) is 7.93. The molecular weight excluding hydrogens is 634 g/mol. The van der Waals surface area contributed by atoms with E-state index in [-0.39, 0.29) is 36.0 Å². The minimum absolute atomic E-state index is 0.0606. The van der Waals surface area contributed by atoms with Gasteiger partial charge in [0.25, 0.3) is 5.91 Å². The molecule has 4 rings (SSSR count). The summed E-state index contributed by atoms with van der Waals surface area (Å²) in [5.41, 5.74) is -1.84. The van der Waals surface area contributed by atoms with E-state index in [2.05, 4.69) is 41.7 Å². The Kier molecular flexibility index (Phi) is 11.4. The predicted molar refractivity (Wildman–Crippen MR) is 183 cm³/mol. The van der Waals surface area contributed by atoms with Gasteiger partial charge >= 0.3 is 6.03 Å². The summed E-state index contributed by atoms with van der Waals surface area (Å²) in [5, 5.41) is 10.6. The highest BCUT2D eigenvalue weighted by Crippen LogP contribution is 2.65. The largest absolute Gasteiger partial charge is 0.346 e. The van der Waals surface area contributed by atoms with Gasteiger partial charge in [0.1, 0.15) is 12.1 Å². The van der Waals surface area contributed by atoms with Gasteiger partial charge in [-0.05, 0) is 54.8 Å². The molecule has 0 aromatic rings. The third-order valence-corrected chi connectivity index (χ3v) is 13.7. The first kappa shape index (κ1) is 37.9. The molecule has 5 amide bonds. The number of urea groups is 1. The lowest BCUT2D eigenvalue weighted by molar-refractivity contribution is -0.145.